The number of hydrogen-bond donors (Lipinski definition) is 3. The van der Waals surface area contributed by atoms with Crippen molar-refractivity contribution in [1.82, 2.24) is 15.6 Å². The van der Waals surface area contributed by atoms with Crippen molar-refractivity contribution in [3.8, 4) is 0 Å². The summed E-state index contributed by atoms with van der Waals surface area (Å²) in [5.74, 6) is -1.04. The van der Waals surface area contributed by atoms with Gasteiger partial charge in [0.2, 0.25) is 5.91 Å². The average Bonchev–Trinajstić information content (AvgIpc) is 3.14. The van der Waals surface area contributed by atoms with Crippen LogP contribution in [0.25, 0.3) is 10.9 Å². The summed E-state index contributed by atoms with van der Waals surface area (Å²) in [6.45, 7) is 2.67. The van der Waals surface area contributed by atoms with Gasteiger partial charge in [0.05, 0.1) is 0 Å². The first-order valence-electron chi connectivity index (χ1n) is 9.97. The molecule has 0 fully saturated rings. The van der Waals surface area contributed by atoms with Crippen molar-refractivity contribution in [2.75, 3.05) is 6.54 Å². The summed E-state index contributed by atoms with van der Waals surface area (Å²) in [5.41, 5.74) is 2.25. The van der Waals surface area contributed by atoms with Gasteiger partial charge in [-0.1, -0.05) is 38.0 Å². The van der Waals surface area contributed by atoms with E-state index >= 15 is 0 Å². The molecule has 1 heterocycles. The highest BCUT2D eigenvalue weighted by Gasteiger charge is 2.23. The Morgan fingerprint density at radius 2 is 1.83 bits per heavy atom. The van der Waals surface area contributed by atoms with Crippen LogP contribution < -0.4 is 10.6 Å². The summed E-state index contributed by atoms with van der Waals surface area (Å²) >= 11 is 0. The third kappa shape index (κ3) is 5.44. The first kappa shape index (κ1) is 20.6. The third-order valence-corrected chi connectivity index (χ3v) is 4.91. The number of amides is 2. The van der Waals surface area contributed by atoms with Crippen LogP contribution in [0.1, 0.15) is 42.1 Å². The fourth-order valence-corrected chi connectivity index (χ4v) is 3.28. The summed E-state index contributed by atoms with van der Waals surface area (Å²) in [6.07, 6.45) is 5.22. The van der Waals surface area contributed by atoms with Crippen LogP contribution in [-0.4, -0.2) is 29.4 Å². The Morgan fingerprint density at radius 3 is 2.59 bits per heavy atom. The van der Waals surface area contributed by atoms with E-state index in [2.05, 4.69) is 22.5 Å². The second-order valence-corrected chi connectivity index (χ2v) is 7.09. The second-order valence-electron chi connectivity index (χ2n) is 7.09. The molecule has 1 aromatic heterocycles. The Labute approximate surface area is 169 Å². The van der Waals surface area contributed by atoms with Gasteiger partial charge in [-0.2, -0.15) is 0 Å². The number of rotatable bonds is 9. The largest absolute Gasteiger partial charge is 0.361 e. The van der Waals surface area contributed by atoms with E-state index in [1.54, 1.807) is 0 Å². The minimum Gasteiger partial charge on any atom is -0.361 e. The number of aromatic amines is 1. The lowest BCUT2D eigenvalue weighted by Crippen LogP contribution is -2.48. The van der Waals surface area contributed by atoms with Gasteiger partial charge < -0.3 is 15.6 Å². The van der Waals surface area contributed by atoms with Crippen molar-refractivity contribution >= 4 is 22.7 Å². The average molecular weight is 395 g/mol. The van der Waals surface area contributed by atoms with Crippen LogP contribution in [-0.2, 0) is 11.2 Å². The topological polar surface area (TPSA) is 74.0 Å². The maximum absolute atomic E-state index is 13.1. The number of carbonyl (C=O) groups is 2. The Morgan fingerprint density at radius 1 is 1.07 bits per heavy atom. The molecule has 0 aliphatic heterocycles. The molecule has 1 atom stereocenters. The van der Waals surface area contributed by atoms with Gasteiger partial charge in [0.15, 0.2) is 0 Å². The van der Waals surface area contributed by atoms with Crippen LogP contribution in [0.2, 0.25) is 0 Å². The first-order chi connectivity index (χ1) is 14.1. The van der Waals surface area contributed by atoms with Crippen LogP contribution in [0, 0.1) is 5.82 Å². The van der Waals surface area contributed by atoms with Crippen molar-refractivity contribution in [3.05, 3.63) is 71.7 Å². The van der Waals surface area contributed by atoms with Crippen molar-refractivity contribution in [2.45, 2.75) is 38.6 Å². The lowest BCUT2D eigenvalue weighted by Gasteiger charge is -2.18. The molecule has 2 amide bonds. The Kier molecular flexibility index (Phi) is 7.00. The van der Waals surface area contributed by atoms with Crippen LogP contribution in [0.3, 0.4) is 0 Å². The van der Waals surface area contributed by atoms with Gasteiger partial charge in [-0.05, 0) is 42.3 Å². The first-order valence-corrected chi connectivity index (χ1v) is 9.97. The van der Waals surface area contributed by atoms with E-state index in [1.807, 2.05) is 30.5 Å². The zero-order valence-corrected chi connectivity index (χ0v) is 16.5. The molecule has 0 saturated carbocycles. The summed E-state index contributed by atoms with van der Waals surface area (Å²) in [7, 11) is 0. The standard InChI is InChI=1S/C23H26FN3O2/c1-2-3-6-13-25-23(29)21(27-22(28)16-9-11-18(24)12-10-16)14-17-15-26-20-8-5-4-7-19(17)20/h4-5,7-12,15,21,26H,2-3,6,13-14H2,1H3,(H,25,29)(H,27,28)/t21-/m0/s1. The molecule has 0 radical (unpaired) electrons. The molecular formula is C23H26FN3O2. The minimum absolute atomic E-state index is 0.221. The van der Waals surface area contributed by atoms with E-state index in [4.69, 9.17) is 0 Å². The summed E-state index contributed by atoms with van der Waals surface area (Å²) in [5, 5.41) is 6.75. The van der Waals surface area contributed by atoms with Gasteiger partial charge in [0.25, 0.3) is 5.91 Å². The Hall–Kier alpha value is -3.15. The van der Waals surface area contributed by atoms with Crippen molar-refractivity contribution in [2.24, 2.45) is 0 Å². The van der Waals surface area contributed by atoms with Crippen LogP contribution in [0.5, 0.6) is 0 Å². The van der Waals surface area contributed by atoms with Crippen LogP contribution in [0.15, 0.2) is 54.7 Å². The van der Waals surface area contributed by atoms with Crippen LogP contribution in [0.4, 0.5) is 4.39 Å². The smallest absolute Gasteiger partial charge is 0.251 e. The number of aromatic nitrogens is 1. The lowest BCUT2D eigenvalue weighted by atomic mass is 10.0. The molecule has 0 aliphatic rings. The fraction of sp³-hybridized carbons (Fsp3) is 0.304. The molecular weight excluding hydrogens is 369 g/mol. The number of para-hydroxylation sites is 1. The van der Waals surface area contributed by atoms with Crippen molar-refractivity contribution < 1.29 is 14.0 Å². The molecule has 2 aromatic carbocycles. The molecule has 29 heavy (non-hydrogen) atoms. The fourth-order valence-electron chi connectivity index (χ4n) is 3.28. The SMILES string of the molecule is CCCCCNC(=O)[C@H](Cc1c[nH]c2ccccc12)NC(=O)c1ccc(F)cc1. The van der Waals surface area contributed by atoms with Gasteiger partial charge >= 0.3 is 0 Å². The number of hydrogen-bond acceptors (Lipinski definition) is 2. The van der Waals surface area contributed by atoms with Gasteiger partial charge in [-0.25, -0.2) is 4.39 Å². The molecule has 0 aliphatic carbocycles. The quantitative estimate of drug-likeness (QED) is 0.480. The number of unbranched alkanes of at least 4 members (excludes halogenated alkanes) is 2. The van der Waals surface area contributed by atoms with Gasteiger partial charge in [-0.3, -0.25) is 9.59 Å². The molecule has 0 saturated heterocycles. The normalized spacial score (nSPS) is 11.9. The van der Waals surface area contributed by atoms with E-state index in [1.165, 1.54) is 24.3 Å². The molecule has 3 aromatic rings. The summed E-state index contributed by atoms with van der Waals surface area (Å²) in [4.78, 5) is 28.6. The number of carbonyl (C=O) groups excluding carboxylic acids is 2. The molecule has 0 unspecified atom stereocenters. The van der Waals surface area contributed by atoms with Crippen LogP contribution >= 0.6 is 0 Å². The van der Waals surface area contributed by atoms with Gasteiger partial charge in [0, 0.05) is 35.6 Å². The van der Waals surface area contributed by atoms with Gasteiger partial charge in [0.1, 0.15) is 11.9 Å². The predicted molar refractivity (Wildman–Crippen MR) is 112 cm³/mol. The van der Waals surface area contributed by atoms with E-state index in [-0.39, 0.29) is 5.91 Å². The Bertz CT molecular complexity index is 966. The second kappa shape index (κ2) is 9.87. The van der Waals surface area contributed by atoms with Crippen molar-refractivity contribution in [1.29, 1.82) is 0 Å². The lowest BCUT2D eigenvalue weighted by molar-refractivity contribution is -0.122. The monoisotopic (exact) mass is 395 g/mol. The molecule has 152 valence electrons. The molecule has 0 bridgehead atoms. The number of halogens is 1. The number of H-pyrrole nitrogens is 1. The highest BCUT2D eigenvalue weighted by molar-refractivity contribution is 5.97. The van der Waals surface area contributed by atoms with E-state index in [0.717, 1.165) is 35.7 Å². The highest BCUT2D eigenvalue weighted by Crippen LogP contribution is 2.19. The summed E-state index contributed by atoms with van der Waals surface area (Å²) < 4.78 is 13.1. The third-order valence-electron chi connectivity index (χ3n) is 4.91. The number of benzene rings is 2. The van der Waals surface area contributed by atoms with Crippen molar-refractivity contribution in [3.63, 3.8) is 0 Å². The molecule has 6 heteroatoms. The maximum Gasteiger partial charge on any atom is 0.251 e. The molecule has 3 N–H and O–H groups in total. The minimum atomic E-state index is -0.728. The molecule has 3 rings (SSSR count). The number of nitrogens with one attached hydrogen (secondary N) is 3. The molecule has 0 spiro atoms. The summed E-state index contributed by atoms with van der Waals surface area (Å²) in [6, 6.07) is 12.4. The van der Waals surface area contributed by atoms with E-state index < -0.39 is 17.8 Å². The highest BCUT2D eigenvalue weighted by atomic mass is 19.1. The zero-order chi connectivity index (χ0) is 20.6. The zero-order valence-electron chi connectivity index (χ0n) is 16.5. The predicted octanol–water partition coefficient (Wildman–Crippen LogP) is 3.95. The Balaban J connectivity index is 1.76. The van der Waals surface area contributed by atoms with Gasteiger partial charge in [-0.15, -0.1) is 0 Å². The number of fused-ring (bicyclic) bond motifs is 1. The maximum atomic E-state index is 13.1. The van der Waals surface area contributed by atoms with E-state index in [9.17, 15) is 14.0 Å². The van der Waals surface area contributed by atoms with E-state index in [0.29, 0.717) is 18.5 Å². The molecule has 5 nitrogen and oxygen atoms in total.